The van der Waals surface area contributed by atoms with Crippen molar-refractivity contribution in [3.63, 3.8) is 0 Å². The van der Waals surface area contributed by atoms with Gasteiger partial charge in [0.1, 0.15) is 0 Å². The van der Waals surface area contributed by atoms with Crippen LogP contribution in [0.25, 0.3) is 0 Å². The average Bonchev–Trinajstić information content (AvgIpc) is 2.22. The molecule has 0 aliphatic heterocycles. The third-order valence-electron chi connectivity index (χ3n) is 1.64. The van der Waals surface area contributed by atoms with E-state index in [-0.39, 0.29) is 5.78 Å². The molecule has 2 nitrogen and oxygen atoms in total. The molecule has 0 aliphatic rings. The fourth-order valence-electron chi connectivity index (χ4n) is 0.881. The Kier molecular flexibility index (Phi) is 8.62. The molecule has 0 heterocycles. The van der Waals surface area contributed by atoms with Crippen molar-refractivity contribution in [2.24, 2.45) is 0 Å². The highest BCUT2D eigenvalue weighted by Gasteiger charge is 2.02. The fourth-order valence-corrected chi connectivity index (χ4v) is 1.37. The molecule has 0 aromatic heterocycles. The Hall–Kier alpha value is -0.580. The van der Waals surface area contributed by atoms with Crippen LogP contribution in [0.3, 0.4) is 0 Å². The van der Waals surface area contributed by atoms with Gasteiger partial charge in [0.25, 0.3) is 0 Å². The number of nitrogens with one attached hydrogen (secondary N) is 1. The Morgan fingerprint density at radius 2 is 2.07 bits per heavy atom. The number of carbonyl (C=O) groups excluding carboxylic acids is 1. The van der Waals surface area contributed by atoms with Crippen LogP contribution in [0.2, 0.25) is 0 Å². The molecule has 0 aromatic carbocycles. The zero-order valence-corrected chi connectivity index (χ0v) is 10.7. The van der Waals surface area contributed by atoms with Crippen LogP contribution in [0.15, 0.2) is 36.1 Å². The standard InChI is InChI=1S/C11H16INO/c1-3-10(11(14)9-12)7-5-4-6-8-13-2/h4-8,13H,3,9H2,1-2H3/b5-4-,8-6+,10-7+. The van der Waals surface area contributed by atoms with Crippen molar-refractivity contribution < 1.29 is 4.79 Å². The minimum Gasteiger partial charge on any atom is -0.394 e. The van der Waals surface area contributed by atoms with E-state index in [2.05, 4.69) is 27.9 Å². The van der Waals surface area contributed by atoms with Crippen LogP contribution in [0.1, 0.15) is 13.3 Å². The predicted molar refractivity (Wildman–Crippen MR) is 69.6 cm³/mol. The van der Waals surface area contributed by atoms with Crippen LogP contribution in [-0.4, -0.2) is 17.3 Å². The quantitative estimate of drug-likeness (QED) is 0.354. The largest absolute Gasteiger partial charge is 0.394 e. The van der Waals surface area contributed by atoms with Crippen LogP contribution in [0.5, 0.6) is 0 Å². The molecule has 1 N–H and O–H groups in total. The number of allylic oxidation sites excluding steroid dienone is 5. The Balaban J connectivity index is 4.24. The molecule has 0 aromatic rings. The molecule has 0 amide bonds. The van der Waals surface area contributed by atoms with E-state index in [1.54, 1.807) is 0 Å². The smallest absolute Gasteiger partial charge is 0.168 e. The summed E-state index contributed by atoms with van der Waals surface area (Å²) in [5, 5.41) is 2.88. The number of hydrogen-bond donors (Lipinski definition) is 1. The Bertz CT molecular complexity index is 254. The molecule has 0 aliphatic carbocycles. The van der Waals surface area contributed by atoms with Gasteiger partial charge in [-0.1, -0.05) is 47.7 Å². The van der Waals surface area contributed by atoms with Gasteiger partial charge in [-0.05, 0) is 24.3 Å². The second-order valence-corrected chi connectivity index (χ2v) is 3.40. The molecule has 0 radical (unpaired) electrons. The number of hydrogen-bond acceptors (Lipinski definition) is 2. The van der Waals surface area contributed by atoms with Crippen molar-refractivity contribution in [1.82, 2.24) is 5.32 Å². The summed E-state index contributed by atoms with van der Waals surface area (Å²) in [6.07, 6.45) is 10.2. The summed E-state index contributed by atoms with van der Waals surface area (Å²) < 4.78 is 0.553. The van der Waals surface area contributed by atoms with E-state index in [0.717, 1.165) is 12.0 Å². The maximum Gasteiger partial charge on any atom is 0.168 e. The third-order valence-corrected chi connectivity index (χ3v) is 2.34. The number of carbonyl (C=O) groups is 1. The molecule has 14 heavy (non-hydrogen) atoms. The Labute approximate surface area is 99.3 Å². The van der Waals surface area contributed by atoms with Gasteiger partial charge in [0, 0.05) is 7.05 Å². The van der Waals surface area contributed by atoms with E-state index < -0.39 is 0 Å². The van der Waals surface area contributed by atoms with Crippen LogP contribution in [0, 0.1) is 0 Å². The second kappa shape index (κ2) is 8.99. The summed E-state index contributed by atoms with van der Waals surface area (Å²) in [7, 11) is 1.84. The van der Waals surface area contributed by atoms with Crippen molar-refractivity contribution in [1.29, 1.82) is 0 Å². The molecule has 0 atom stereocenters. The maximum atomic E-state index is 11.3. The lowest BCUT2D eigenvalue weighted by Crippen LogP contribution is -2.01. The van der Waals surface area contributed by atoms with Gasteiger partial charge in [-0.3, -0.25) is 4.79 Å². The summed E-state index contributed by atoms with van der Waals surface area (Å²) in [5.74, 6) is 0.218. The van der Waals surface area contributed by atoms with Crippen molar-refractivity contribution in [3.05, 3.63) is 36.1 Å². The summed E-state index contributed by atoms with van der Waals surface area (Å²) in [6, 6.07) is 0. The first kappa shape index (κ1) is 13.4. The normalized spacial score (nSPS) is 12.6. The SMILES string of the molecule is CC\C(=C/C=C\C=C\NC)C(=O)CI. The highest BCUT2D eigenvalue weighted by molar-refractivity contribution is 14.1. The molecule has 0 rings (SSSR count). The molecule has 0 bridgehead atoms. The van der Waals surface area contributed by atoms with E-state index in [1.807, 2.05) is 44.5 Å². The van der Waals surface area contributed by atoms with Gasteiger partial charge < -0.3 is 5.32 Å². The van der Waals surface area contributed by atoms with Crippen LogP contribution in [-0.2, 0) is 4.79 Å². The van der Waals surface area contributed by atoms with Gasteiger partial charge in [0.15, 0.2) is 5.78 Å². The average molecular weight is 305 g/mol. The van der Waals surface area contributed by atoms with Crippen LogP contribution >= 0.6 is 22.6 Å². The molecule has 0 fully saturated rings. The number of halogens is 1. The minimum atomic E-state index is 0.218. The van der Waals surface area contributed by atoms with Gasteiger partial charge in [-0.25, -0.2) is 0 Å². The van der Waals surface area contributed by atoms with Crippen LogP contribution in [0.4, 0.5) is 0 Å². The molecule has 0 saturated carbocycles. The van der Waals surface area contributed by atoms with Gasteiger partial charge in [0.2, 0.25) is 0 Å². The van der Waals surface area contributed by atoms with E-state index in [9.17, 15) is 4.79 Å². The van der Waals surface area contributed by atoms with E-state index in [0.29, 0.717) is 4.43 Å². The number of rotatable bonds is 6. The first-order valence-corrected chi connectivity index (χ1v) is 6.07. The Morgan fingerprint density at radius 3 is 2.57 bits per heavy atom. The predicted octanol–water partition coefficient (Wildman–Crippen LogP) is 2.62. The van der Waals surface area contributed by atoms with Gasteiger partial charge in [-0.2, -0.15) is 0 Å². The summed E-state index contributed by atoms with van der Waals surface area (Å²) in [4.78, 5) is 11.3. The molecule has 78 valence electrons. The van der Waals surface area contributed by atoms with Crippen molar-refractivity contribution in [3.8, 4) is 0 Å². The van der Waals surface area contributed by atoms with E-state index >= 15 is 0 Å². The van der Waals surface area contributed by atoms with Crippen molar-refractivity contribution >= 4 is 28.4 Å². The number of ketones is 1. The molecule has 3 heteroatoms. The first-order valence-electron chi connectivity index (χ1n) is 4.55. The fraction of sp³-hybridized carbons (Fsp3) is 0.364. The zero-order valence-electron chi connectivity index (χ0n) is 8.59. The van der Waals surface area contributed by atoms with Gasteiger partial charge in [0.05, 0.1) is 4.43 Å². The maximum absolute atomic E-state index is 11.3. The van der Waals surface area contributed by atoms with E-state index in [4.69, 9.17) is 0 Å². The lowest BCUT2D eigenvalue weighted by molar-refractivity contribution is -0.113. The number of Topliss-reactive ketones (excluding diaryl/α,β-unsaturated/α-hetero) is 1. The zero-order chi connectivity index (χ0) is 10.8. The summed E-state index contributed by atoms with van der Waals surface area (Å²) >= 11 is 2.09. The molecular formula is C11H16INO. The lowest BCUT2D eigenvalue weighted by atomic mass is 10.1. The second-order valence-electron chi connectivity index (χ2n) is 2.63. The van der Waals surface area contributed by atoms with Crippen molar-refractivity contribution in [2.75, 3.05) is 11.5 Å². The third kappa shape index (κ3) is 5.96. The van der Waals surface area contributed by atoms with Crippen molar-refractivity contribution in [2.45, 2.75) is 13.3 Å². The Morgan fingerprint density at radius 1 is 1.36 bits per heavy atom. The highest BCUT2D eigenvalue weighted by atomic mass is 127. The molecule has 0 saturated heterocycles. The summed E-state index contributed by atoms with van der Waals surface area (Å²) in [5.41, 5.74) is 0.883. The first-order chi connectivity index (χ1) is 6.76. The summed E-state index contributed by atoms with van der Waals surface area (Å²) in [6.45, 7) is 1.99. The topological polar surface area (TPSA) is 29.1 Å². The lowest BCUT2D eigenvalue weighted by Gasteiger charge is -1.97. The highest BCUT2D eigenvalue weighted by Crippen LogP contribution is 2.04. The van der Waals surface area contributed by atoms with Gasteiger partial charge in [-0.15, -0.1) is 0 Å². The molecular weight excluding hydrogens is 289 g/mol. The van der Waals surface area contributed by atoms with E-state index in [1.165, 1.54) is 0 Å². The van der Waals surface area contributed by atoms with Gasteiger partial charge >= 0.3 is 0 Å². The molecule has 0 spiro atoms. The monoisotopic (exact) mass is 305 g/mol. The molecule has 0 unspecified atom stereocenters. The number of alkyl halides is 1. The minimum absolute atomic E-state index is 0.218. The van der Waals surface area contributed by atoms with Crippen LogP contribution < -0.4 is 5.32 Å².